The van der Waals surface area contributed by atoms with Gasteiger partial charge in [-0.05, 0) is 70.2 Å². The summed E-state index contributed by atoms with van der Waals surface area (Å²) in [6, 6.07) is 2.88. The number of ketones is 1. The van der Waals surface area contributed by atoms with Crippen LogP contribution >= 0.6 is 0 Å². The number of aromatic hydroxyl groups is 1. The fourth-order valence-electron chi connectivity index (χ4n) is 4.23. The second-order valence-electron chi connectivity index (χ2n) is 10.2. The molecule has 0 radical (unpaired) electrons. The van der Waals surface area contributed by atoms with Crippen LogP contribution in [0.2, 0.25) is 0 Å². The number of phenolic OH excluding ortho intramolecular Hbond substituents is 1. The highest BCUT2D eigenvalue weighted by Gasteiger charge is 2.23. The molecule has 2 bridgehead atoms. The van der Waals surface area contributed by atoms with Crippen molar-refractivity contribution >= 4 is 29.4 Å². The molecule has 0 unspecified atom stereocenters. The first kappa shape index (κ1) is 29.6. The Hall–Kier alpha value is -3.91. The third-order valence-electron chi connectivity index (χ3n) is 6.50. The van der Waals surface area contributed by atoms with Gasteiger partial charge in [-0.1, -0.05) is 30.7 Å². The van der Waals surface area contributed by atoms with E-state index in [0.29, 0.717) is 29.1 Å². The summed E-state index contributed by atoms with van der Waals surface area (Å²) < 4.78 is 11.6. The Labute approximate surface area is 229 Å². The Morgan fingerprint density at radius 2 is 1.85 bits per heavy atom. The number of hydrogen-bond donors (Lipinski definition) is 3. The van der Waals surface area contributed by atoms with Crippen molar-refractivity contribution in [3.05, 3.63) is 70.6 Å². The number of rotatable bonds is 2. The molecule has 0 aliphatic carbocycles. The van der Waals surface area contributed by atoms with Gasteiger partial charge in [0.2, 0.25) is 5.91 Å². The summed E-state index contributed by atoms with van der Waals surface area (Å²) in [6.45, 7) is 9.03. The van der Waals surface area contributed by atoms with Crippen molar-refractivity contribution in [1.82, 2.24) is 0 Å². The van der Waals surface area contributed by atoms with Crippen LogP contribution in [-0.2, 0) is 19.1 Å². The molecule has 8 nitrogen and oxygen atoms in total. The van der Waals surface area contributed by atoms with Crippen LogP contribution < -0.4 is 10.1 Å². The number of carbonyl (C=O) groups is 3. The van der Waals surface area contributed by atoms with Crippen molar-refractivity contribution in [2.75, 3.05) is 5.32 Å². The number of anilines is 1. The topological polar surface area (TPSA) is 122 Å². The molecule has 0 saturated carbocycles. The number of aliphatic hydroxyl groups is 1. The van der Waals surface area contributed by atoms with Gasteiger partial charge in [0, 0.05) is 36.1 Å². The van der Waals surface area contributed by atoms with Crippen molar-refractivity contribution in [2.45, 2.75) is 72.5 Å². The molecule has 3 rings (SSSR count). The van der Waals surface area contributed by atoms with Crippen LogP contribution in [0.4, 0.5) is 5.69 Å². The van der Waals surface area contributed by atoms with Gasteiger partial charge >= 0.3 is 5.97 Å². The number of amides is 1. The van der Waals surface area contributed by atoms with E-state index < -0.39 is 24.1 Å². The highest BCUT2D eigenvalue weighted by molar-refractivity contribution is 5.97. The Morgan fingerprint density at radius 3 is 2.54 bits per heavy atom. The zero-order chi connectivity index (χ0) is 28.7. The van der Waals surface area contributed by atoms with Gasteiger partial charge in [0.05, 0.1) is 5.69 Å². The first-order chi connectivity index (χ1) is 18.5. The first-order valence-electron chi connectivity index (χ1n) is 13.1. The Kier molecular flexibility index (Phi) is 10.1. The Morgan fingerprint density at radius 1 is 1.10 bits per heavy atom. The van der Waals surface area contributed by atoms with E-state index in [2.05, 4.69) is 5.32 Å². The lowest BCUT2D eigenvalue weighted by molar-refractivity contribution is -0.145. The van der Waals surface area contributed by atoms with Crippen LogP contribution in [0.1, 0.15) is 65.9 Å². The van der Waals surface area contributed by atoms with Gasteiger partial charge < -0.3 is 25.0 Å². The zero-order valence-electron chi connectivity index (χ0n) is 23.1. The molecule has 1 amide bonds. The Bertz CT molecular complexity index is 1280. The van der Waals surface area contributed by atoms with Crippen molar-refractivity contribution in [3.63, 3.8) is 0 Å². The van der Waals surface area contributed by atoms with Gasteiger partial charge in [-0.25, -0.2) is 4.79 Å². The normalized spacial score (nSPS) is 22.9. The second kappa shape index (κ2) is 13.2. The molecule has 39 heavy (non-hydrogen) atoms. The maximum absolute atomic E-state index is 12.8. The van der Waals surface area contributed by atoms with E-state index in [4.69, 9.17) is 9.47 Å². The lowest BCUT2D eigenvalue weighted by Gasteiger charge is -2.22. The van der Waals surface area contributed by atoms with E-state index in [1.54, 1.807) is 25.2 Å². The van der Waals surface area contributed by atoms with Crippen LogP contribution in [0.3, 0.4) is 0 Å². The summed E-state index contributed by atoms with van der Waals surface area (Å²) >= 11 is 0. The molecule has 0 aromatic heterocycles. The molecule has 3 atom stereocenters. The number of cyclic esters (lactones) is 1. The van der Waals surface area contributed by atoms with Crippen LogP contribution in [0.5, 0.6) is 11.5 Å². The van der Waals surface area contributed by atoms with Crippen molar-refractivity contribution < 1.29 is 34.1 Å². The predicted molar refractivity (Wildman–Crippen MR) is 150 cm³/mol. The number of aliphatic hydroxyl groups excluding tert-OH is 1. The summed E-state index contributed by atoms with van der Waals surface area (Å²) in [4.78, 5) is 38.4. The minimum Gasteiger partial charge on any atom is -0.508 e. The molecular weight excluding hydrogens is 498 g/mol. The molecular formula is C31H37NO7. The second-order valence-corrected chi connectivity index (χ2v) is 10.2. The highest BCUT2D eigenvalue weighted by Crippen LogP contribution is 2.40. The smallest absolute Gasteiger partial charge is 0.334 e. The Balaban J connectivity index is 2.00. The molecule has 8 heteroatoms. The number of ether oxygens (including phenoxy) is 2. The lowest BCUT2D eigenvalue weighted by atomic mass is 9.96. The number of hydrogen-bond acceptors (Lipinski definition) is 7. The summed E-state index contributed by atoms with van der Waals surface area (Å²) in [5.74, 6) is -0.574. The standard InChI is InChI=1S/C31H37NO7/c1-6-21-8-10-23(33)17-27-20(5)14-22-15-24(34)16-25(30(22)38-27)32-29(36)12-7-19(4)31(37)39-28(13-18(2)3)26(35)11-9-21/h7,9,11,13-17,21,26,28,34-35H,6,8,10,12H2,1-5H3,(H,32,36)/t21-,26+,28+/m1/s1. The molecule has 2 aliphatic heterocycles. The number of fused-ring (bicyclic) bond motifs is 1. The first-order valence-corrected chi connectivity index (χ1v) is 13.1. The molecule has 2 heterocycles. The molecule has 1 aromatic carbocycles. The summed E-state index contributed by atoms with van der Waals surface area (Å²) in [6.07, 6.45) is 9.25. The maximum atomic E-state index is 12.8. The monoisotopic (exact) mass is 535 g/mol. The van der Waals surface area contributed by atoms with E-state index in [1.807, 2.05) is 26.8 Å². The summed E-state index contributed by atoms with van der Waals surface area (Å²) in [5, 5.41) is 23.7. The van der Waals surface area contributed by atoms with E-state index in [0.717, 1.165) is 12.0 Å². The number of phenols is 1. The predicted octanol–water partition coefficient (Wildman–Crippen LogP) is 5.53. The number of esters is 1. The van der Waals surface area contributed by atoms with E-state index in [9.17, 15) is 24.6 Å². The molecule has 1 aromatic rings. The van der Waals surface area contributed by atoms with Gasteiger partial charge in [-0.15, -0.1) is 0 Å². The largest absolute Gasteiger partial charge is 0.508 e. The quantitative estimate of drug-likeness (QED) is 0.336. The van der Waals surface area contributed by atoms with Crippen LogP contribution in [0.15, 0.2) is 65.0 Å². The average molecular weight is 536 g/mol. The molecule has 208 valence electrons. The van der Waals surface area contributed by atoms with E-state index >= 15 is 0 Å². The zero-order valence-corrected chi connectivity index (χ0v) is 23.1. The lowest BCUT2D eigenvalue weighted by Crippen LogP contribution is -2.29. The molecule has 0 spiro atoms. The average Bonchev–Trinajstić information content (AvgIpc) is 2.86. The molecule has 2 aliphatic rings. The van der Waals surface area contributed by atoms with Crippen molar-refractivity contribution in [1.29, 1.82) is 0 Å². The minimum absolute atomic E-state index is 0.0340. The minimum atomic E-state index is -1.08. The van der Waals surface area contributed by atoms with Gasteiger partial charge in [-0.2, -0.15) is 0 Å². The van der Waals surface area contributed by atoms with Crippen LogP contribution in [-0.4, -0.2) is 40.1 Å². The number of allylic oxidation sites excluding steroid dienone is 4. The van der Waals surface area contributed by atoms with Gasteiger partial charge in [0.25, 0.3) is 0 Å². The number of carbonyl (C=O) groups excluding carboxylic acids is 3. The summed E-state index contributed by atoms with van der Waals surface area (Å²) in [7, 11) is 0. The third-order valence-corrected chi connectivity index (χ3v) is 6.50. The fraction of sp³-hybridized carbons (Fsp3) is 0.387. The van der Waals surface area contributed by atoms with Crippen LogP contribution in [0, 0.1) is 5.92 Å². The summed E-state index contributed by atoms with van der Waals surface area (Å²) in [5.41, 5.74) is 2.59. The van der Waals surface area contributed by atoms with E-state index in [-0.39, 0.29) is 41.6 Å². The van der Waals surface area contributed by atoms with Crippen LogP contribution in [0.25, 0.3) is 6.08 Å². The van der Waals surface area contributed by atoms with Gasteiger partial charge in [-0.3, -0.25) is 9.59 Å². The van der Waals surface area contributed by atoms with E-state index in [1.165, 1.54) is 31.2 Å². The molecule has 0 saturated heterocycles. The number of benzene rings is 1. The third kappa shape index (κ3) is 8.29. The van der Waals surface area contributed by atoms with Crippen molar-refractivity contribution in [3.8, 4) is 11.5 Å². The van der Waals surface area contributed by atoms with Crippen molar-refractivity contribution in [2.24, 2.45) is 5.92 Å². The molecule has 3 N–H and O–H groups in total. The fourth-order valence-corrected chi connectivity index (χ4v) is 4.23. The highest BCUT2D eigenvalue weighted by atomic mass is 16.6. The number of nitrogens with one attached hydrogen (secondary N) is 1. The molecule has 0 fully saturated rings. The SMILES string of the molecule is CC[C@H]1C=C[C@H](O)[C@H](C=C(C)C)OC(=O)C(C)=CCC(=O)Nc2cc(O)cc3c2OC(=CC(=O)CC1)C(C)=C3. The van der Waals surface area contributed by atoms with Gasteiger partial charge in [0.1, 0.15) is 23.7 Å². The maximum Gasteiger partial charge on any atom is 0.334 e. The van der Waals surface area contributed by atoms with Gasteiger partial charge in [0.15, 0.2) is 11.5 Å².